The predicted octanol–water partition coefficient (Wildman–Crippen LogP) is 2.43. The van der Waals surface area contributed by atoms with Gasteiger partial charge in [-0.05, 0) is 12.1 Å². The van der Waals surface area contributed by atoms with E-state index in [2.05, 4.69) is 9.72 Å². The van der Waals surface area contributed by atoms with Gasteiger partial charge in [0.05, 0.1) is 19.7 Å². The summed E-state index contributed by atoms with van der Waals surface area (Å²) in [5.41, 5.74) is 1.63. The van der Waals surface area contributed by atoms with Gasteiger partial charge in [-0.2, -0.15) is 0 Å². The molecule has 0 saturated carbocycles. The minimum absolute atomic E-state index is 0.394. The highest BCUT2D eigenvalue weighted by atomic mass is 16.5. The van der Waals surface area contributed by atoms with Crippen LogP contribution in [0.15, 0.2) is 36.4 Å². The summed E-state index contributed by atoms with van der Waals surface area (Å²) >= 11 is 0. The van der Waals surface area contributed by atoms with Crippen LogP contribution in [0, 0.1) is 0 Å². The number of methoxy groups -OCH3 is 2. The number of carbonyl (C=O) groups is 1. The van der Waals surface area contributed by atoms with Gasteiger partial charge in [-0.15, -0.1) is 0 Å². The molecule has 0 aliphatic heterocycles. The fraction of sp³-hybridized carbons (Fsp3) is 0.143. The number of rotatable bonds is 3. The second kappa shape index (κ2) is 5.31. The van der Waals surface area contributed by atoms with Crippen LogP contribution in [0.3, 0.4) is 0 Å². The van der Waals surface area contributed by atoms with Crippen molar-refractivity contribution in [3.63, 3.8) is 0 Å². The van der Waals surface area contributed by atoms with Crippen molar-refractivity contribution in [1.29, 1.82) is 0 Å². The van der Waals surface area contributed by atoms with E-state index in [9.17, 15) is 4.79 Å². The molecule has 4 nitrogen and oxygen atoms in total. The number of nitrogens with zero attached hydrogens (tertiary/aromatic N) is 1. The first-order valence-corrected chi connectivity index (χ1v) is 5.44. The van der Waals surface area contributed by atoms with Gasteiger partial charge in [-0.3, -0.25) is 0 Å². The Kier molecular flexibility index (Phi) is 3.57. The lowest BCUT2D eigenvalue weighted by Gasteiger charge is -2.04. The highest BCUT2D eigenvalue weighted by Crippen LogP contribution is 2.21. The van der Waals surface area contributed by atoms with Crippen molar-refractivity contribution in [3.05, 3.63) is 42.0 Å². The molecule has 4 heteroatoms. The second-order valence-electron chi connectivity index (χ2n) is 3.63. The SMILES string of the molecule is COC(=O)/C=C/c1cccc2ccc(OC)nc12. The first kappa shape index (κ1) is 12.1. The van der Waals surface area contributed by atoms with Crippen molar-refractivity contribution in [2.24, 2.45) is 0 Å². The van der Waals surface area contributed by atoms with E-state index in [1.165, 1.54) is 13.2 Å². The molecule has 0 N–H and O–H groups in total. The van der Waals surface area contributed by atoms with E-state index < -0.39 is 5.97 Å². The van der Waals surface area contributed by atoms with Gasteiger partial charge >= 0.3 is 5.97 Å². The summed E-state index contributed by atoms with van der Waals surface area (Å²) in [6, 6.07) is 9.48. The average Bonchev–Trinajstić information content (AvgIpc) is 2.43. The van der Waals surface area contributed by atoms with Crippen LogP contribution in [-0.2, 0) is 9.53 Å². The van der Waals surface area contributed by atoms with Gasteiger partial charge in [0.15, 0.2) is 0 Å². The highest BCUT2D eigenvalue weighted by Gasteiger charge is 2.02. The molecule has 0 amide bonds. The number of ether oxygens (including phenoxy) is 2. The van der Waals surface area contributed by atoms with Crippen molar-refractivity contribution in [1.82, 2.24) is 4.98 Å². The van der Waals surface area contributed by atoms with Gasteiger partial charge in [-0.25, -0.2) is 9.78 Å². The summed E-state index contributed by atoms with van der Waals surface area (Å²) in [5, 5.41) is 0.989. The molecule has 1 heterocycles. The molecule has 92 valence electrons. The van der Waals surface area contributed by atoms with E-state index in [0.29, 0.717) is 5.88 Å². The monoisotopic (exact) mass is 243 g/mol. The molecule has 18 heavy (non-hydrogen) atoms. The summed E-state index contributed by atoms with van der Waals surface area (Å²) in [6.45, 7) is 0. The van der Waals surface area contributed by atoms with Crippen molar-refractivity contribution in [3.8, 4) is 5.88 Å². The maximum Gasteiger partial charge on any atom is 0.330 e. The molecule has 2 rings (SSSR count). The molecular weight excluding hydrogens is 230 g/mol. The van der Waals surface area contributed by atoms with E-state index in [-0.39, 0.29) is 0 Å². The summed E-state index contributed by atoms with van der Waals surface area (Å²) in [4.78, 5) is 15.5. The third-order valence-corrected chi connectivity index (χ3v) is 2.54. The van der Waals surface area contributed by atoms with E-state index in [0.717, 1.165) is 16.5 Å². The molecule has 0 spiro atoms. The number of pyridine rings is 1. The Morgan fingerprint density at radius 1 is 1.22 bits per heavy atom. The van der Waals surface area contributed by atoms with Crippen LogP contribution < -0.4 is 4.74 Å². The number of carbonyl (C=O) groups excluding carboxylic acids is 1. The third kappa shape index (κ3) is 2.48. The molecular formula is C14H13NO3. The molecule has 0 saturated heterocycles. The van der Waals surface area contributed by atoms with Crippen molar-refractivity contribution < 1.29 is 14.3 Å². The Labute approximate surface area is 105 Å². The van der Waals surface area contributed by atoms with Crippen LogP contribution in [0.25, 0.3) is 17.0 Å². The smallest absolute Gasteiger partial charge is 0.330 e. The lowest BCUT2D eigenvalue weighted by atomic mass is 10.1. The first-order valence-electron chi connectivity index (χ1n) is 5.44. The Morgan fingerprint density at radius 3 is 2.78 bits per heavy atom. The quantitative estimate of drug-likeness (QED) is 0.613. The zero-order valence-electron chi connectivity index (χ0n) is 10.2. The number of esters is 1. The lowest BCUT2D eigenvalue weighted by Crippen LogP contribution is -1.94. The van der Waals surface area contributed by atoms with E-state index in [1.807, 2.05) is 24.3 Å². The topological polar surface area (TPSA) is 48.4 Å². The van der Waals surface area contributed by atoms with E-state index in [4.69, 9.17) is 4.74 Å². The first-order chi connectivity index (χ1) is 8.74. The molecule has 0 fully saturated rings. The number of benzene rings is 1. The van der Waals surface area contributed by atoms with Crippen molar-refractivity contribution in [2.45, 2.75) is 0 Å². The van der Waals surface area contributed by atoms with Gasteiger partial charge in [-0.1, -0.05) is 18.2 Å². The lowest BCUT2D eigenvalue weighted by molar-refractivity contribution is -0.134. The second-order valence-corrected chi connectivity index (χ2v) is 3.63. The molecule has 0 aliphatic carbocycles. The molecule has 2 aromatic rings. The number of hydrogen-bond donors (Lipinski definition) is 0. The van der Waals surface area contributed by atoms with Crippen LogP contribution in [-0.4, -0.2) is 25.2 Å². The molecule has 0 bridgehead atoms. The maximum absolute atomic E-state index is 11.1. The predicted molar refractivity (Wildman–Crippen MR) is 69.3 cm³/mol. The van der Waals surface area contributed by atoms with Crippen LogP contribution in [0.2, 0.25) is 0 Å². The molecule has 0 unspecified atom stereocenters. The van der Waals surface area contributed by atoms with Crippen LogP contribution in [0.4, 0.5) is 0 Å². The van der Waals surface area contributed by atoms with E-state index >= 15 is 0 Å². The maximum atomic E-state index is 11.1. The molecule has 0 atom stereocenters. The summed E-state index contributed by atoms with van der Waals surface area (Å²) < 4.78 is 9.66. The fourth-order valence-electron chi connectivity index (χ4n) is 1.63. The zero-order chi connectivity index (χ0) is 13.0. The van der Waals surface area contributed by atoms with Crippen LogP contribution in [0.5, 0.6) is 5.88 Å². The third-order valence-electron chi connectivity index (χ3n) is 2.54. The zero-order valence-corrected chi connectivity index (χ0v) is 10.2. The summed E-state index contributed by atoms with van der Waals surface area (Å²) in [7, 11) is 2.91. The number of hydrogen-bond acceptors (Lipinski definition) is 4. The van der Waals surface area contributed by atoms with Gasteiger partial charge in [0.25, 0.3) is 0 Å². The summed E-state index contributed by atoms with van der Waals surface area (Å²) in [5.74, 6) is 0.149. The fourth-order valence-corrected chi connectivity index (χ4v) is 1.63. The largest absolute Gasteiger partial charge is 0.481 e. The minimum Gasteiger partial charge on any atom is -0.481 e. The normalized spacial score (nSPS) is 10.8. The molecule has 0 aliphatic rings. The van der Waals surface area contributed by atoms with Gasteiger partial charge < -0.3 is 9.47 Å². The van der Waals surface area contributed by atoms with Gasteiger partial charge in [0, 0.05) is 23.1 Å². The minimum atomic E-state index is -0.394. The molecule has 1 aromatic carbocycles. The number of fused-ring (bicyclic) bond motifs is 1. The number of aromatic nitrogens is 1. The summed E-state index contributed by atoms with van der Waals surface area (Å²) in [6.07, 6.45) is 3.05. The Hall–Kier alpha value is -2.36. The molecule has 0 radical (unpaired) electrons. The van der Waals surface area contributed by atoms with Crippen molar-refractivity contribution >= 4 is 22.9 Å². The van der Waals surface area contributed by atoms with Gasteiger partial charge in [0.2, 0.25) is 5.88 Å². The number of para-hydroxylation sites is 1. The highest BCUT2D eigenvalue weighted by molar-refractivity contribution is 5.93. The van der Waals surface area contributed by atoms with Gasteiger partial charge in [0.1, 0.15) is 0 Å². The van der Waals surface area contributed by atoms with Crippen LogP contribution >= 0.6 is 0 Å². The Bertz CT molecular complexity index is 605. The van der Waals surface area contributed by atoms with E-state index in [1.54, 1.807) is 19.3 Å². The Balaban J connectivity index is 2.49. The van der Waals surface area contributed by atoms with Crippen molar-refractivity contribution in [2.75, 3.05) is 14.2 Å². The standard InChI is InChI=1S/C14H13NO3/c1-17-12-8-6-10-4-3-5-11(14(10)15-12)7-9-13(16)18-2/h3-9H,1-2H3/b9-7+. The molecule has 1 aromatic heterocycles. The average molecular weight is 243 g/mol. The van der Waals surface area contributed by atoms with Crippen LogP contribution in [0.1, 0.15) is 5.56 Å². The Morgan fingerprint density at radius 2 is 2.06 bits per heavy atom.